The summed E-state index contributed by atoms with van der Waals surface area (Å²) in [6.07, 6.45) is -1.83. The summed E-state index contributed by atoms with van der Waals surface area (Å²) < 4.78 is 4.14. The van der Waals surface area contributed by atoms with Crippen molar-refractivity contribution in [2.75, 3.05) is 0 Å². The monoisotopic (exact) mass is 604 g/mol. The molecule has 2 N–H and O–H groups in total. The maximum Gasteiger partial charge on any atom is 0.503 e. The fraction of sp³-hybridized carbons (Fsp3) is 0. The molecule has 134 valence electrons. The number of rotatable bonds is 3. The van der Waals surface area contributed by atoms with Crippen molar-refractivity contribution in [2.24, 2.45) is 0 Å². The normalized spacial score (nSPS) is 10.2. The number of hydrogen-bond donors (Lipinski definition) is 2. The van der Waals surface area contributed by atoms with E-state index in [4.69, 9.17) is 49.8 Å². The Morgan fingerprint density at radius 2 is 0.769 bits per heavy atom. The van der Waals surface area contributed by atoms with Crippen LogP contribution in [-0.2, 0) is 0 Å². The molecule has 0 saturated heterocycles. The Kier molecular flexibility index (Phi) is 8.18. The minimum atomic E-state index is -2.32. The molecule has 7 heteroatoms. The van der Waals surface area contributed by atoms with Gasteiger partial charge >= 0.3 is 160 Å². The molecule has 3 aromatic rings. The van der Waals surface area contributed by atoms with Gasteiger partial charge in [0.05, 0.1) is 0 Å². The van der Waals surface area contributed by atoms with Gasteiger partial charge < -0.3 is 10.2 Å². The van der Waals surface area contributed by atoms with Gasteiger partial charge in [0.15, 0.2) is 0 Å². The van der Waals surface area contributed by atoms with Crippen LogP contribution in [0.5, 0.6) is 0 Å². The first kappa shape index (κ1) is 21.0. The molecule has 0 atom stereocenters. The molecule has 0 aliphatic carbocycles. The summed E-state index contributed by atoms with van der Waals surface area (Å²) in [4.78, 5) is 8.56. The fourth-order valence-electron chi connectivity index (χ4n) is 2.22. The third-order valence-electron chi connectivity index (χ3n) is 3.25. The molecular weight excluding hydrogens is 592 g/mol. The van der Waals surface area contributed by atoms with Crippen LogP contribution in [0.25, 0.3) is 0 Å². The average Bonchev–Trinajstić information content (AvgIpc) is 2.60. The SMILES string of the molecule is Clc1cc[c]([Bi]([c]2ccc(Cl)cc2)[c]2ccc(Cl)cc2)cc1.O=C(O)O. The molecule has 3 nitrogen and oxygen atoms in total. The molecule has 0 fully saturated rings. The quantitative estimate of drug-likeness (QED) is 0.436. The van der Waals surface area contributed by atoms with Gasteiger partial charge in [-0.1, -0.05) is 0 Å². The Hall–Kier alpha value is -1.32. The van der Waals surface area contributed by atoms with E-state index in [2.05, 4.69) is 36.4 Å². The maximum absolute atomic E-state index is 8.56. The molecule has 26 heavy (non-hydrogen) atoms. The molecule has 3 rings (SSSR count). The van der Waals surface area contributed by atoms with Gasteiger partial charge in [-0.25, -0.2) is 4.79 Å². The van der Waals surface area contributed by atoms with E-state index in [1.165, 1.54) is 9.81 Å². The number of hydrogen-bond acceptors (Lipinski definition) is 1. The average molecular weight is 606 g/mol. The minimum absolute atomic E-state index is 0.764. The zero-order valence-electron chi connectivity index (χ0n) is 13.3. The van der Waals surface area contributed by atoms with Crippen LogP contribution in [0.3, 0.4) is 0 Å². The smallest absolute Gasteiger partial charge is 0.450 e. The molecule has 0 unspecified atom stereocenters. The predicted molar refractivity (Wildman–Crippen MR) is 110 cm³/mol. The molecular formula is C19H14BiCl3O3. The van der Waals surface area contributed by atoms with Crippen LogP contribution >= 0.6 is 34.8 Å². The van der Waals surface area contributed by atoms with Gasteiger partial charge in [0, 0.05) is 0 Å². The molecule has 0 aliphatic heterocycles. The molecule has 0 heterocycles. The van der Waals surface area contributed by atoms with E-state index in [0.717, 1.165) is 15.1 Å². The first-order valence-electron chi connectivity index (χ1n) is 7.35. The zero-order valence-corrected chi connectivity index (χ0v) is 19.1. The number of halogens is 3. The van der Waals surface area contributed by atoms with E-state index in [0.29, 0.717) is 0 Å². The van der Waals surface area contributed by atoms with Crippen molar-refractivity contribution in [1.29, 1.82) is 0 Å². The molecule has 0 bridgehead atoms. The predicted octanol–water partition coefficient (Wildman–Crippen LogP) is 4.39. The van der Waals surface area contributed by atoms with Crippen molar-refractivity contribution in [3.8, 4) is 0 Å². The van der Waals surface area contributed by atoms with E-state index in [1.807, 2.05) is 36.4 Å². The fourth-order valence-corrected chi connectivity index (χ4v) is 11.3. The van der Waals surface area contributed by atoms with Gasteiger partial charge in [-0.3, -0.25) is 0 Å². The van der Waals surface area contributed by atoms with Crippen LogP contribution < -0.4 is 9.81 Å². The zero-order chi connectivity index (χ0) is 19.1. The van der Waals surface area contributed by atoms with Gasteiger partial charge in [-0.2, -0.15) is 0 Å². The summed E-state index contributed by atoms with van der Waals surface area (Å²) in [7, 11) is 0. The summed E-state index contributed by atoms with van der Waals surface area (Å²) >= 11 is 15.8. The Morgan fingerprint density at radius 3 is 0.962 bits per heavy atom. The summed E-state index contributed by atoms with van der Waals surface area (Å²) in [5.41, 5.74) is 0. The van der Waals surface area contributed by atoms with Gasteiger partial charge in [-0.15, -0.1) is 0 Å². The summed E-state index contributed by atoms with van der Waals surface area (Å²) in [6, 6.07) is 24.6. The van der Waals surface area contributed by atoms with Crippen LogP contribution in [0.4, 0.5) is 4.79 Å². The third-order valence-corrected chi connectivity index (χ3v) is 13.5. The second-order valence-electron chi connectivity index (χ2n) is 5.05. The maximum atomic E-state index is 8.56. The van der Waals surface area contributed by atoms with Crippen LogP contribution in [0.1, 0.15) is 0 Å². The third kappa shape index (κ3) is 6.44. The van der Waals surface area contributed by atoms with Crippen molar-refractivity contribution in [3.05, 3.63) is 87.9 Å². The largest absolute Gasteiger partial charge is 0.503 e. The molecule has 0 amide bonds. The number of carboxylic acid groups (broad SMARTS) is 2. The van der Waals surface area contributed by atoms with Crippen LogP contribution in [0, 0.1) is 0 Å². The second kappa shape index (κ2) is 10.1. The van der Waals surface area contributed by atoms with Crippen LogP contribution in [0.15, 0.2) is 72.8 Å². The van der Waals surface area contributed by atoms with Crippen molar-refractivity contribution in [3.63, 3.8) is 0 Å². The van der Waals surface area contributed by atoms with E-state index in [9.17, 15) is 0 Å². The van der Waals surface area contributed by atoms with E-state index < -0.39 is 27.9 Å². The Balaban J connectivity index is 0.000000552. The van der Waals surface area contributed by atoms with Crippen molar-refractivity contribution in [1.82, 2.24) is 0 Å². The first-order valence-corrected chi connectivity index (χ1v) is 13.7. The number of carbonyl (C=O) groups is 1. The molecule has 0 spiro atoms. The molecule has 0 radical (unpaired) electrons. The van der Waals surface area contributed by atoms with Gasteiger partial charge in [0.25, 0.3) is 0 Å². The first-order chi connectivity index (χ1) is 12.4. The summed E-state index contributed by atoms with van der Waals surface area (Å²) in [5.74, 6) is 0. The second-order valence-corrected chi connectivity index (χ2v) is 15.0. The van der Waals surface area contributed by atoms with Crippen LogP contribution in [0.2, 0.25) is 15.1 Å². The van der Waals surface area contributed by atoms with E-state index in [1.54, 1.807) is 0 Å². The Labute approximate surface area is 174 Å². The van der Waals surface area contributed by atoms with Crippen molar-refractivity contribution in [2.45, 2.75) is 0 Å². The molecule has 0 saturated carbocycles. The minimum Gasteiger partial charge on any atom is -0.450 e. The topological polar surface area (TPSA) is 57.5 Å². The van der Waals surface area contributed by atoms with Gasteiger partial charge in [0.1, 0.15) is 0 Å². The van der Waals surface area contributed by atoms with Gasteiger partial charge in [-0.05, 0) is 0 Å². The molecule has 0 aliphatic rings. The van der Waals surface area contributed by atoms with Gasteiger partial charge in [0.2, 0.25) is 0 Å². The standard InChI is InChI=1S/3C6H4Cl.CH2O3.Bi/c3*7-6-4-2-1-3-5-6;2-1(3)4;/h3*2-5H;(H2,2,3,4);. The Bertz CT molecular complexity index is 739. The summed E-state index contributed by atoms with van der Waals surface area (Å²) in [5, 5.41) is 16.2. The molecule has 0 aromatic heterocycles. The van der Waals surface area contributed by atoms with E-state index >= 15 is 0 Å². The Morgan fingerprint density at radius 1 is 0.577 bits per heavy atom. The number of benzene rings is 3. The molecule has 3 aromatic carbocycles. The van der Waals surface area contributed by atoms with E-state index in [-0.39, 0.29) is 0 Å². The summed E-state index contributed by atoms with van der Waals surface area (Å²) in [6.45, 7) is 0. The van der Waals surface area contributed by atoms with Crippen molar-refractivity contribution < 1.29 is 15.0 Å². The van der Waals surface area contributed by atoms with Crippen LogP contribution in [-0.4, -0.2) is 38.1 Å². The van der Waals surface area contributed by atoms with Crippen molar-refractivity contribution >= 4 is 72.5 Å².